The normalized spacial score (nSPS) is 12.2. The summed E-state index contributed by atoms with van der Waals surface area (Å²) in [4.78, 5) is 15.7. The molecule has 0 bridgehead atoms. The van der Waals surface area contributed by atoms with E-state index in [0.717, 1.165) is 11.4 Å². The molecule has 0 aromatic carbocycles. The van der Waals surface area contributed by atoms with Gasteiger partial charge in [0.2, 0.25) is 5.91 Å². The van der Waals surface area contributed by atoms with Gasteiger partial charge < -0.3 is 15.8 Å². The van der Waals surface area contributed by atoms with Crippen LogP contribution in [0.15, 0.2) is 18.3 Å². The van der Waals surface area contributed by atoms with Crippen molar-refractivity contribution in [2.45, 2.75) is 19.4 Å². The van der Waals surface area contributed by atoms with E-state index < -0.39 is 0 Å². The highest BCUT2D eigenvalue weighted by molar-refractivity contribution is 5.91. The molecule has 16 heavy (non-hydrogen) atoms. The van der Waals surface area contributed by atoms with Gasteiger partial charge in [0.05, 0.1) is 23.9 Å². The fourth-order valence-corrected chi connectivity index (χ4v) is 1.29. The maximum atomic E-state index is 11.6. The standard InChI is InChI=1S/C11H17N3O2/c1-8-10(4-3-5-13-8)14-11(15)6-9(7-12)16-2/h3-5,9H,6-7,12H2,1-2H3,(H,14,15). The molecule has 5 nitrogen and oxygen atoms in total. The number of aromatic nitrogens is 1. The van der Waals surface area contributed by atoms with Gasteiger partial charge in [-0.25, -0.2) is 0 Å². The largest absolute Gasteiger partial charge is 0.380 e. The maximum Gasteiger partial charge on any atom is 0.227 e. The lowest BCUT2D eigenvalue weighted by Crippen LogP contribution is -2.28. The Morgan fingerprint density at radius 1 is 1.69 bits per heavy atom. The van der Waals surface area contributed by atoms with Crippen molar-refractivity contribution in [2.24, 2.45) is 5.73 Å². The summed E-state index contributed by atoms with van der Waals surface area (Å²) >= 11 is 0. The predicted octanol–water partition coefficient (Wildman–Crippen LogP) is 0.692. The topological polar surface area (TPSA) is 77.2 Å². The van der Waals surface area contributed by atoms with Crippen LogP contribution in [0.4, 0.5) is 5.69 Å². The summed E-state index contributed by atoms with van der Waals surface area (Å²) in [5.41, 5.74) is 6.95. The van der Waals surface area contributed by atoms with E-state index in [1.807, 2.05) is 13.0 Å². The molecule has 3 N–H and O–H groups in total. The van der Waals surface area contributed by atoms with E-state index in [0.29, 0.717) is 6.54 Å². The molecular formula is C11H17N3O2. The van der Waals surface area contributed by atoms with Gasteiger partial charge in [0.15, 0.2) is 0 Å². The number of anilines is 1. The van der Waals surface area contributed by atoms with E-state index in [4.69, 9.17) is 10.5 Å². The average molecular weight is 223 g/mol. The summed E-state index contributed by atoms with van der Waals surface area (Å²) in [6, 6.07) is 3.59. The molecule has 5 heteroatoms. The number of nitrogens with two attached hydrogens (primary N) is 1. The minimum Gasteiger partial charge on any atom is -0.380 e. The second-order valence-corrected chi connectivity index (χ2v) is 3.48. The Hall–Kier alpha value is -1.46. The molecule has 0 radical (unpaired) electrons. The van der Waals surface area contributed by atoms with E-state index in [1.54, 1.807) is 19.4 Å². The Balaban J connectivity index is 2.55. The molecule has 0 aliphatic rings. The van der Waals surface area contributed by atoms with Crippen LogP contribution in [-0.2, 0) is 9.53 Å². The summed E-state index contributed by atoms with van der Waals surface area (Å²) in [5.74, 6) is -0.117. The zero-order valence-electron chi connectivity index (χ0n) is 9.56. The van der Waals surface area contributed by atoms with E-state index in [9.17, 15) is 4.79 Å². The van der Waals surface area contributed by atoms with Gasteiger partial charge in [-0.15, -0.1) is 0 Å². The maximum absolute atomic E-state index is 11.6. The second-order valence-electron chi connectivity index (χ2n) is 3.48. The SMILES string of the molecule is COC(CN)CC(=O)Nc1cccnc1C. The Kier molecular flexibility index (Phi) is 4.88. The van der Waals surface area contributed by atoms with Crippen LogP contribution >= 0.6 is 0 Å². The van der Waals surface area contributed by atoms with Gasteiger partial charge in [0.25, 0.3) is 0 Å². The number of rotatable bonds is 5. The number of amides is 1. The van der Waals surface area contributed by atoms with E-state index in [1.165, 1.54) is 0 Å². The Morgan fingerprint density at radius 3 is 3.00 bits per heavy atom. The number of hydrogen-bond donors (Lipinski definition) is 2. The number of carbonyl (C=O) groups is 1. The number of carbonyl (C=O) groups excluding carboxylic acids is 1. The first-order chi connectivity index (χ1) is 7.67. The van der Waals surface area contributed by atoms with Gasteiger partial charge in [0, 0.05) is 19.9 Å². The molecular weight excluding hydrogens is 206 g/mol. The van der Waals surface area contributed by atoms with Crippen molar-refractivity contribution in [3.63, 3.8) is 0 Å². The third-order valence-corrected chi connectivity index (χ3v) is 2.29. The first kappa shape index (κ1) is 12.6. The fourth-order valence-electron chi connectivity index (χ4n) is 1.29. The summed E-state index contributed by atoms with van der Waals surface area (Å²) in [6.07, 6.45) is 1.70. The third kappa shape index (κ3) is 3.60. The van der Waals surface area contributed by atoms with E-state index in [-0.39, 0.29) is 18.4 Å². The van der Waals surface area contributed by atoms with Crippen LogP contribution in [0.3, 0.4) is 0 Å². The quantitative estimate of drug-likeness (QED) is 0.770. The molecule has 1 rings (SSSR count). The molecule has 0 saturated heterocycles. The lowest BCUT2D eigenvalue weighted by atomic mass is 10.2. The summed E-state index contributed by atoms with van der Waals surface area (Å²) in [7, 11) is 1.54. The monoisotopic (exact) mass is 223 g/mol. The number of ether oxygens (including phenoxy) is 1. The number of pyridine rings is 1. The molecule has 0 spiro atoms. The molecule has 1 aromatic heterocycles. The number of hydrogen-bond acceptors (Lipinski definition) is 4. The molecule has 0 aliphatic heterocycles. The molecule has 1 amide bonds. The molecule has 1 unspecified atom stereocenters. The smallest absolute Gasteiger partial charge is 0.227 e. The Morgan fingerprint density at radius 2 is 2.44 bits per heavy atom. The fraction of sp³-hybridized carbons (Fsp3) is 0.455. The van der Waals surface area contributed by atoms with Gasteiger partial charge in [-0.1, -0.05) is 0 Å². The number of nitrogens with one attached hydrogen (secondary N) is 1. The van der Waals surface area contributed by atoms with Gasteiger partial charge in [-0.3, -0.25) is 9.78 Å². The van der Waals surface area contributed by atoms with Crippen molar-refractivity contribution >= 4 is 11.6 Å². The van der Waals surface area contributed by atoms with Gasteiger partial charge in [-0.2, -0.15) is 0 Å². The Bertz CT molecular complexity index is 351. The van der Waals surface area contributed by atoms with E-state index in [2.05, 4.69) is 10.3 Å². The minimum atomic E-state index is -0.239. The summed E-state index contributed by atoms with van der Waals surface area (Å²) in [6.45, 7) is 2.17. The van der Waals surface area contributed by atoms with Crippen LogP contribution in [-0.4, -0.2) is 30.6 Å². The molecule has 0 fully saturated rings. The van der Waals surface area contributed by atoms with Crippen molar-refractivity contribution < 1.29 is 9.53 Å². The van der Waals surface area contributed by atoms with Crippen molar-refractivity contribution in [2.75, 3.05) is 19.0 Å². The van der Waals surface area contributed by atoms with Crippen LogP contribution in [0.2, 0.25) is 0 Å². The van der Waals surface area contributed by atoms with Crippen molar-refractivity contribution in [1.29, 1.82) is 0 Å². The predicted molar refractivity (Wildman–Crippen MR) is 62.1 cm³/mol. The number of methoxy groups -OCH3 is 1. The summed E-state index contributed by atoms with van der Waals surface area (Å²) < 4.78 is 5.04. The highest BCUT2D eigenvalue weighted by atomic mass is 16.5. The van der Waals surface area contributed by atoms with Crippen LogP contribution in [0.1, 0.15) is 12.1 Å². The van der Waals surface area contributed by atoms with Crippen LogP contribution in [0.25, 0.3) is 0 Å². The molecule has 88 valence electrons. The molecule has 0 aliphatic carbocycles. The Labute approximate surface area is 95.0 Å². The number of nitrogens with zero attached hydrogens (tertiary/aromatic N) is 1. The molecule has 1 heterocycles. The van der Waals surface area contributed by atoms with Gasteiger partial charge in [0.1, 0.15) is 0 Å². The van der Waals surface area contributed by atoms with Crippen LogP contribution in [0, 0.1) is 6.92 Å². The average Bonchev–Trinajstić information content (AvgIpc) is 2.29. The highest BCUT2D eigenvalue weighted by Gasteiger charge is 2.12. The number of aryl methyl sites for hydroxylation is 1. The minimum absolute atomic E-state index is 0.117. The second kappa shape index (κ2) is 6.19. The van der Waals surface area contributed by atoms with E-state index >= 15 is 0 Å². The molecule has 1 aromatic rings. The van der Waals surface area contributed by atoms with Crippen LogP contribution < -0.4 is 11.1 Å². The lowest BCUT2D eigenvalue weighted by molar-refractivity contribution is -0.118. The first-order valence-corrected chi connectivity index (χ1v) is 5.11. The van der Waals surface area contributed by atoms with Crippen LogP contribution in [0.5, 0.6) is 0 Å². The highest BCUT2D eigenvalue weighted by Crippen LogP contribution is 2.11. The van der Waals surface area contributed by atoms with Crippen molar-refractivity contribution in [3.8, 4) is 0 Å². The molecule has 1 atom stereocenters. The van der Waals surface area contributed by atoms with Crippen molar-refractivity contribution in [3.05, 3.63) is 24.0 Å². The zero-order valence-corrected chi connectivity index (χ0v) is 9.56. The summed E-state index contributed by atoms with van der Waals surface area (Å²) in [5, 5.41) is 2.77. The first-order valence-electron chi connectivity index (χ1n) is 5.11. The third-order valence-electron chi connectivity index (χ3n) is 2.29. The zero-order chi connectivity index (χ0) is 12.0. The molecule has 0 saturated carbocycles. The van der Waals surface area contributed by atoms with Crippen molar-refractivity contribution in [1.82, 2.24) is 4.98 Å². The van der Waals surface area contributed by atoms with Gasteiger partial charge >= 0.3 is 0 Å². The lowest BCUT2D eigenvalue weighted by Gasteiger charge is -2.13. The van der Waals surface area contributed by atoms with Gasteiger partial charge in [-0.05, 0) is 19.1 Å².